The maximum absolute atomic E-state index is 15.7. The summed E-state index contributed by atoms with van der Waals surface area (Å²) in [6, 6.07) is 47.4. The first-order valence-corrected chi connectivity index (χ1v) is 46.7. The van der Waals surface area contributed by atoms with Gasteiger partial charge in [-0.25, -0.2) is 29.1 Å². The molecule has 5 aliphatic heterocycles. The minimum Gasteiger partial charge on any atom is -0.457 e. The Labute approximate surface area is 803 Å². The van der Waals surface area contributed by atoms with Gasteiger partial charge in [0, 0.05) is 122 Å². The van der Waals surface area contributed by atoms with Crippen molar-refractivity contribution in [3.63, 3.8) is 0 Å². The molecule has 9 heterocycles. The fourth-order valence-electron chi connectivity index (χ4n) is 20.9. The maximum atomic E-state index is 15.7. The second kappa shape index (κ2) is 40.3. The molecule has 730 valence electrons. The van der Waals surface area contributed by atoms with Crippen LogP contribution in [0.1, 0.15) is 232 Å². The van der Waals surface area contributed by atoms with Crippen molar-refractivity contribution < 1.29 is 129 Å². The number of hydrogen-bond acceptors (Lipinski definition) is 31. The normalized spacial score (nSPS) is 23.7. The average Bonchev–Trinajstić information content (AvgIpc) is 0.815. The number of para-hydroxylation sites is 2. The summed E-state index contributed by atoms with van der Waals surface area (Å²) in [6.45, 7) is 15.7. The highest BCUT2D eigenvalue weighted by molar-refractivity contribution is 5.99. The number of ether oxygens (including phenoxy) is 10. The Balaban J connectivity index is 0.000000176. The van der Waals surface area contributed by atoms with E-state index in [4.69, 9.17) is 57.3 Å². The summed E-state index contributed by atoms with van der Waals surface area (Å²) in [4.78, 5) is 233. The van der Waals surface area contributed by atoms with E-state index in [9.17, 15) is 82.1 Å². The number of fused-ring (bicyclic) bond motifs is 15. The number of aliphatic hydroxyl groups is 2. The Bertz CT molecular complexity index is 6740. The highest BCUT2D eigenvalue weighted by Crippen LogP contribution is 2.65. The summed E-state index contributed by atoms with van der Waals surface area (Å²) >= 11 is 0. The van der Waals surface area contributed by atoms with Crippen LogP contribution in [-0.4, -0.2) is 172 Å². The number of carbonyl (C=O) groups is 15. The predicted molar refractivity (Wildman–Crippen MR) is 498 cm³/mol. The molecular formula is C107H108N4O29. The molecule has 3 fully saturated rings. The third-order valence-corrected chi connectivity index (χ3v) is 28.3. The molecule has 9 aromatic rings. The molecule has 3 aliphatic carbocycles. The van der Waals surface area contributed by atoms with E-state index in [0.717, 1.165) is 46.8 Å². The SMILES string of the molecule is CC(=O)CCCC(=O)O[C@@H](C(=O)O[C@H]1C[C@@]2(O)[C@@H](OC(=O)c3ccccc3)[C@@H]3[C@]4(OC(C)=O)CO[C@@H]4C[C@H](O)[C@@]3(C)C(=O)[C@H](OC(C)=O)C(=C1C)C2(C)C)[C@@H](CC(=O)c1ccccc1)c1ccccc1.CC[C@]1(OC(=O)CCC(=O)CCC(C)=O)C(=O)OCc2c1cc1n(c2=O)Cc2cc3ccccc3nc2-1.CC[C@]1(OC(=O)CCC(C)=O)C(=O)OCc2c1cc1n(c2=O)Cc2cc3ccccc3nc2-1. The molecule has 140 heavy (non-hydrogen) atoms. The van der Waals surface area contributed by atoms with Crippen molar-refractivity contribution in [1.82, 2.24) is 19.1 Å². The van der Waals surface area contributed by atoms with Crippen LogP contribution in [-0.2, 0) is 147 Å². The van der Waals surface area contributed by atoms with Crippen LogP contribution in [0.3, 0.4) is 0 Å². The molecule has 33 heteroatoms. The van der Waals surface area contributed by atoms with Crippen LogP contribution in [0.2, 0.25) is 0 Å². The molecule has 8 aliphatic rings. The summed E-state index contributed by atoms with van der Waals surface area (Å²) < 4.78 is 62.0. The first kappa shape index (κ1) is 100. The lowest BCUT2D eigenvalue weighted by molar-refractivity contribution is -0.346. The molecule has 2 saturated carbocycles. The van der Waals surface area contributed by atoms with Crippen molar-refractivity contribution in [3.05, 3.63) is 246 Å². The number of nitrogens with zero attached hydrogens (tertiary/aromatic N) is 4. The smallest absolute Gasteiger partial charge is 0.355 e. The van der Waals surface area contributed by atoms with Gasteiger partial charge in [0.1, 0.15) is 60.3 Å². The molecule has 33 nitrogen and oxygen atoms in total. The number of aliphatic hydroxyl groups excluding tert-OH is 1. The number of pyridine rings is 4. The second-order valence-electron chi connectivity index (χ2n) is 37.6. The van der Waals surface area contributed by atoms with Crippen LogP contribution in [0.15, 0.2) is 185 Å². The maximum Gasteiger partial charge on any atom is 0.355 e. The number of carbonyl (C=O) groups excluding carboxylic acids is 15. The lowest BCUT2D eigenvalue weighted by Gasteiger charge is -2.67. The average molecular weight is 1910 g/mol. The third kappa shape index (κ3) is 18.9. The molecule has 4 aromatic heterocycles. The van der Waals surface area contributed by atoms with Gasteiger partial charge in [-0.2, -0.15) is 0 Å². The first-order chi connectivity index (χ1) is 66.6. The molecule has 2 N–H and O–H groups in total. The number of hydrogen-bond donors (Lipinski definition) is 2. The van der Waals surface area contributed by atoms with Gasteiger partial charge in [-0.05, 0) is 119 Å². The minimum atomic E-state index is -2.45. The lowest BCUT2D eigenvalue weighted by Crippen LogP contribution is -2.82. The molecule has 13 atom stereocenters. The van der Waals surface area contributed by atoms with Gasteiger partial charge in [-0.3, -0.25) is 47.9 Å². The standard InChI is InChI=1S/C54H60O16.C28H26N2O7.C25H22N2O6/c1-30(55)18-17-25-42(60)68-44(37(34-19-11-8-12-20-34)26-38(58)35-21-13-9-14-22-35)50(63)67-39-28-54(64)48(69-49(62)36-23-15-10-16-24-36)46-52(7,40(59)27-41-53(46,29-65-41)70-33(4)57)47(61)45(66-32(3)56)43(31(39)2)51(54,5)6;1-3-28(37-24(33)11-10-19(32)9-8-16(2)31)21-13-23-25-18(12-17-6-4-5-7-22(17)29-25)14-30(23)26(34)20(21)15-36-27(28)35;1-3-25(33-21(29)9-8-14(2)28)18-11-20-22-16(10-15-6-4-5-7-19(15)26-22)12-27(20)23(30)17(18)13-32-24(25)31/h8-16,19-24,37,39-41,44-46,48,59,64H,17-18,25-29H2,1-7H3;4-7,12-13H,3,8-11,14-15H2,1-2H3;4-7,10-11H,3,8-9,12-13H2,1-2H3/t37-,39-,40-,41+,44+,45+,46-,48-,52+,53-,54+;28-;25-/m011/s1. The third-order valence-electron chi connectivity index (χ3n) is 28.3. The van der Waals surface area contributed by atoms with Crippen LogP contribution >= 0.6 is 0 Å². The quantitative estimate of drug-likeness (QED) is 0.0190. The second-order valence-corrected chi connectivity index (χ2v) is 37.6. The van der Waals surface area contributed by atoms with Gasteiger partial charge in [0.15, 0.2) is 23.3 Å². The topological polar surface area (TPSA) is 459 Å². The molecule has 2 bridgehead atoms. The van der Waals surface area contributed by atoms with Gasteiger partial charge >= 0.3 is 53.7 Å². The minimum absolute atomic E-state index is 0.0117. The van der Waals surface area contributed by atoms with Gasteiger partial charge in [-0.15, -0.1) is 0 Å². The van der Waals surface area contributed by atoms with Gasteiger partial charge in [0.2, 0.25) is 17.3 Å². The molecule has 0 amide bonds. The zero-order valence-corrected chi connectivity index (χ0v) is 79.3. The van der Waals surface area contributed by atoms with E-state index >= 15 is 9.59 Å². The number of rotatable bonds is 29. The van der Waals surface area contributed by atoms with E-state index in [-0.39, 0.29) is 165 Å². The highest BCUT2D eigenvalue weighted by atomic mass is 16.6. The molecular weight excluding hydrogens is 1810 g/mol. The first-order valence-electron chi connectivity index (χ1n) is 46.7. The van der Waals surface area contributed by atoms with E-state index in [1.807, 2.05) is 60.7 Å². The van der Waals surface area contributed by atoms with E-state index < -0.39 is 153 Å². The number of cyclic esters (lactones) is 2. The fraction of sp³-hybridized carbons (Fsp3) is 0.411. The number of ketones is 6. The zero-order valence-electron chi connectivity index (χ0n) is 79.3. The van der Waals surface area contributed by atoms with Crippen LogP contribution in [0.4, 0.5) is 0 Å². The Morgan fingerprint density at radius 1 is 0.543 bits per heavy atom. The predicted octanol–water partition coefficient (Wildman–Crippen LogP) is 12.3. The molecule has 0 unspecified atom stereocenters. The van der Waals surface area contributed by atoms with Crippen LogP contribution < -0.4 is 11.1 Å². The van der Waals surface area contributed by atoms with Crippen molar-refractivity contribution in [2.75, 3.05) is 6.61 Å². The Morgan fingerprint density at radius 2 is 1.03 bits per heavy atom. The summed E-state index contributed by atoms with van der Waals surface area (Å²) in [6.07, 6.45) is -11.2. The number of esters is 9. The number of aromatic nitrogens is 4. The van der Waals surface area contributed by atoms with Crippen LogP contribution in [0, 0.1) is 16.7 Å². The van der Waals surface area contributed by atoms with Crippen LogP contribution in [0.5, 0.6) is 0 Å². The molecule has 0 spiro atoms. The van der Waals surface area contributed by atoms with Crippen molar-refractivity contribution in [1.29, 1.82) is 0 Å². The van der Waals surface area contributed by atoms with E-state index in [0.29, 0.717) is 58.1 Å². The van der Waals surface area contributed by atoms with Gasteiger partial charge < -0.3 is 81.1 Å². The largest absolute Gasteiger partial charge is 0.457 e. The Morgan fingerprint density at radius 3 is 1.52 bits per heavy atom. The summed E-state index contributed by atoms with van der Waals surface area (Å²) in [7, 11) is 0. The molecule has 5 aromatic carbocycles. The van der Waals surface area contributed by atoms with Gasteiger partial charge in [0.25, 0.3) is 11.1 Å². The van der Waals surface area contributed by atoms with Crippen LogP contribution in [0.25, 0.3) is 44.6 Å². The number of benzene rings is 5. The molecule has 0 radical (unpaired) electrons. The Hall–Kier alpha value is -14.3. The zero-order chi connectivity index (χ0) is 101. The summed E-state index contributed by atoms with van der Waals surface area (Å²) in [5.74, 6) is -12.3. The van der Waals surface area contributed by atoms with E-state index in [1.54, 1.807) is 128 Å². The van der Waals surface area contributed by atoms with Crippen molar-refractivity contribution in [2.45, 2.75) is 257 Å². The molecule has 17 rings (SSSR count). The fourth-order valence-corrected chi connectivity index (χ4v) is 20.9. The highest BCUT2D eigenvalue weighted by Gasteiger charge is 2.79. The van der Waals surface area contributed by atoms with E-state index in [2.05, 4.69) is 0 Å². The number of Topliss-reactive ketones (excluding diaryl/α,β-unsaturated/α-hetero) is 6. The van der Waals surface area contributed by atoms with Crippen molar-refractivity contribution in [2.24, 2.45) is 16.7 Å². The monoisotopic (exact) mass is 1910 g/mol. The Kier molecular flexibility index (Phi) is 28.8. The molecule has 1 saturated heterocycles. The van der Waals surface area contributed by atoms with Gasteiger partial charge in [-0.1, -0.05) is 143 Å². The summed E-state index contributed by atoms with van der Waals surface area (Å²) in [5.41, 5.74) is -4.35. The van der Waals surface area contributed by atoms with Crippen molar-refractivity contribution >= 4 is 110 Å². The van der Waals surface area contributed by atoms with E-state index in [1.165, 1.54) is 46.8 Å². The summed E-state index contributed by atoms with van der Waals surface area (Å²) in [5, 5.41) is 28.0. The van der Waals surface area contributed by atoms with Gasteiger partial charge in [0.05, 0.1) is 100 Å². The lowest BCUT2D eigenvalue weighted by atomic mass is 9.44. The van der Waals surface area contributed by atoms with Crippen molar-refractivity contribution in [3.8, 4) is 22.8 Å².